The van der Waals surface area contributed by atoms with E-state index in [4.69, 9.17) is 10.1 Å². The molecular weight excluding hydrogens is 326 g/mol. The minimum absolute atomic E-state index is 0.392. The molecule has 2 aromatic heterocycles. The van der Waals surface area contributed by atoms with E-state index in [-0.39, 0.29) is 0 Å². The number of hydrogen-bond donors (Lipinski definition) is 0. The fourth-order valence-electron chi connectivity index (χ4n) is 3.60. The van der Waals surface area contributed by atoms with Crippen LogP contribution in [0, 0.1) is 0 Å². The first-order chi connectivity index (χ1) is 12.5. The van der Waals surface area contributed by atoms with E-state index in [1.165, 1.54) is 12.8 Å². The Labute approximate surface area is 155 Å². The first-order valence-corrected chi connectivity index (χ1v) is 9.48. The van der Waals surface area contributed by atoms with Gasteiger partial charge < -0.3 is 14.7 Å². The molecule has 4 rings (SSSR count). The fourth-order valence-corrected chi connectivity index (χ4v) is 3.60. The standard InChI is InChI=1S/C19H29N7/c1-23(2)17-8-5-14(11-20-17)18-21-19(26(22-18)16-6-7-16)15-12-24(3)9-10-25(4)13-15/h5,8,11,15-16H,6-7,9-10,12-13H2,1-4H3. The molecule has 0 amide bonds. The number of anilines is 1. The van der Waals surface area contributed by atoms with Crippen molar-refractivity contribution in [1.29, 1.82) is 0 Å². The summed E-state index contributed by atoms with van der Waals surface area (Å²) in [5.41, 5.74) is 0.992. The van der Waals surface area contributed by atoms with Gasteiger partial charge in [-0.15, -0.1) is 0 Å². The summed E-state index contributed by atoms with van der Waals surface area (Å²) >= 11 is 0. The highest BCUT2D eigenvalue weighted by molar-refractivity contribution is 5.56. The molecule has 2 aromatic rings. The monoisotopic (exact) mass is 355 g/mol. The number of rotatable bonds is 4. The molecular formula is C19H29N7. The molecule has 0 unspecified atom stereocenters. The van der Waals surface area contributed by atoms with Crippen LogP contribution in [0.3, 0.4) is 0 Å². The van der Waals surface area contributed by atoms with E-state index in [9.17, 15) is 0 Å². The molecule has 3 heterocycles. The normalized spacial score (nSPS) is 20.3. The second kappa shape index (κ2) is 6.96. The van der Waals surface area contributed by atoms with Crippen molar-refractivity contribution >= 4 is 5.82 Å². The first kappa shape index (κ1) is 17.4. The molecule has 0 bridgehead atoms. The third-order valence-corrected chi connectivity index (χ3v) is 5.31. The zero-order valence-electron chi connectivity index (χ0n) is 16.3. The van der Waals surface area contributed by atoms with Gasteiger partial charge in [0, 0.05) is 58.0 Å². The largest absolute Gasteiger partial charge is 0.363 e. The second-order valence-corrected chi connectivity index (χ2v) is 7.99. The van der Waals surface area contributed by atoms with Crippen LogP contribution >= 0.6 is 0 Å². The first-order valence-electron chi connectivity index (χ1n) is 9.48. The number of aromatic nitrogens is 4. The van der Waals surface area contributed by atoms with Crippen LogP contribution in [-0.2, 0) is 0 Å². The van der Waals surface area contributed by atoms with Crippen molar-refractivity contribution in [2.24, 2.45) is 0 Å². The van der Waals surface area contributed by atoms with Gasteiger partial charge in [0.2, 0.25) is 0 Å². The summed E-state index contributed by atoms with van der Waals surface area (Å²) in [5, 5.41) is 4.89. The van der Waals surface area contributed by atoms with Gasteiger partial charge in [0.25, 0.3) is 0 Å². The summed E-state index contributed by atoms with van der Waals surface area (Å²) in [7, 11) is 8.40. The van der Waals surface area contributed by atoms with Gasteiger partial charge in [-0.2, -0.15) is 5.10 Å². The Balaban J connectivity index is 1.66. The van der Waals surface area contributed by atoms with Crippen molar-refractivity contribution in [3.8, 4) is 11.4 Å². The van der Waals surface area contributed by atoms with Crippen molar-refractivity contribution < 1.29 is 0 Å². The minimum Gasteiger partial charge on any atom is -0.363 e. The molecule has 0 aromatic carbocycles. The maximum atomic E-state index is 5.00. The molecule has 1 saturated carbocycles. The fraction of sp³-hybridized carbons (Fsp3) is 0.632. The van der Waals surface area contributed by atoms with Crippen LogP contribution in [0.1, 0.15) is 30.6 Å². The van der Waals surface area contributed by atoms with Gasteiger partial charge in [0.05, 0.1) is 6.04 Å². The number of pyridine rings is 1. The molecule has 2 fully saturated rings. The average molecular weight is 355 g/mol. The molecule has 0 radical (unpaired) electrons. The molecule has 140 valence electrons. The Morgan fingerprint density at radius 3 is 2.27 bits per heavy atom. The highest BCUT2D eigenvalue weighted by atomic mass is 15.4. The lowest BCUT2D eigenvalue weighted by Crippen LogP contribution is -2.27. The Kier molecular flexibility index (Phi) is 4.67. The van der Waals surface area contributed by atoms with Crippen LogP contribution in [0.15, 0.2) is 18.3 Å². The quantitative estimate of drug-likeness (QED) is 0.832. The topological polar surface area (TPSA) is 53.3 Å². The molecule has 2 aliphatic rings. The number of hydrogen-bond acceptors (Lipinski definition) is 6. The smallest absolute Gasteiger partial charge is 0.182 e. The van der Waals surface area contributed by atoms with Crippen LogP contribution < -0.4 is 4.90 Å². The minimum atomic E-state index is 0.392. The maximum Gasteiger partial charge on any atom is 0.182 e. The predicted molar refractivity (Wildman–Crippen MR) is 104 cm³/mol. The number of nitrogens with zero attached hydrogens (tertiary/aromatic N) is 7. The number of likely N-dealkylation sites (N-methyl/N-ethyl adjacent to an activating group) is 2. The van der Waals surface area contributed by atoms with Gasteiger partial charge in [-0.1, -0.05) is 0 Å². The van der Waals surface area contributed by atoms with Gasteiger partial charge in [-0.25, -0.2) is 14.6 Å². The SMILES string of the molecule is CN1CCN(C)CC(c2nc(-c3ccc(N(C)C)nc3)nn2C2CC2)C1. The van der Waals surface area contributed by atoms with Crippen LogP contribution in [0.5, 0.6) is 0 Å². The van der Waals surface area contributed by atoms with Gasteiger partial charge in [-0.3, -0.25) is 0 Å². The molecule has 0 atom stereocenters. The third kappa shape index (κ3) is 3.59. The van der Waals surface area contributed by atoms with E-state index < -0.39 is 0 Å². The van der Waals surface area contributed by atoms with Crippen molar-refractivity contribution in [2.45, 2.75) is 24.8 Å². The van der Waals surface area contributed by atoms with Crippen LogP contribution in [0.4, 0.5) is 5.82 Å². The van der Waals surface area contributed by atoms with Crippen LogP contribution in [0.25, 0.3) is 11.4 Å². The summed E-state index contributed by atoms with van der Waals surface area (Å²) in [6.07, 6.45) is 4.31. The van der Waals surface area contributed by atoms with Crippen molar-refractivity contribution in [1.82, 2.24) is 29.5 Å². The highest BCUT2D eigenvalue weighted by Gasteiger charge is 2.33. The zero-order valence-corrected chi connectivity index (χ0v) is 16.3. The summed E-state index contributed by atoms with van der Waals surface area (Å²) in [6, 6.07) is 4.63. The van der Waals surface area contributed by atoms with Crippen LogP contribution in [0.2, 0.25) is 0 Å². The highest BCUT2D eigenvalue weighted by Crippen LogP contribution is 2.37. The average Bonchev–Trinajstić information content (AvgIpc) is 3.40. The van der Waals surface area contributed by atoms with E-state index in [0.29, 0.717) is 12.0 Å². The van der Waals surface area contributed by atoms with Gasteiger partial charge >= 0.3 is 0 Å². The lowest BCUT2D eigenvalue weighted by Gasteiger charge is -2.20. The second-order valence-electron chi connectivity index (χ2n) is 7.99. The molecule has 1 aliphatic carbocycles. The molecule has 0 N–H and O–H groups in total. The Morgan fingerprint density at radius 2 is 1.73 bits per heavy atom. The Morgan fingerprint density at radius 1 is 1.04 bits per heavy atom. The van der Waals surface area contributed by atoms with Gasteiger partial charge in [-0.05, 0) is 39.1 Å². The molecule has 0 spiro atoms. The Hall–Kier alpha value is -1.99. The summed E-state index contributed by atoms with van der Waals surface area (Å²) in [4.78, 5) is 16.3. The summed E-state index contributed by atoms with van der Waals surface area (Å²) < 4.78 is 2.20. The molecule has 1 saturated heterocycles. The van der Waals surface area contributed by atoms with Crippen molar-refractivity contribution in [3.05, 3.63) is 24.2 Å². The zero-order chi connectivity index (χ0) is 18.3. The molecule has 26 heavy (non-hydrogen) atoms. The van der Waals surface area contributed by atoms with E-state index in [2.05, 4.69) is 39.6 Å². The lowest BCUT2D eigenvalue weighted by molar-refractivity contribution is 0.320. The van der Waals surface area contributed by atoms with Gasteiger partial charge in [0.15, 0.2) is 5.82 Å². The third-order valence-electron chi connectivity index (χ3n) is 5.31. The maximum absolute atomic E-state index is 5.00. The Bertz CT molecular complexity index is 736. The van der Waals surface area contributed by atoms with E-state index in [1.54, 1.807) is 0 Å². The lowest BCUT2D eigenvalue weighted by atomic mass is 10.1. The molecule has 7 heteroatoms. The molecule has 7 nitrogen and oxygen atoms in total. The van der Waals surface area contributed by atoms with E-state index >= 15 is 0 Å². The van der Waals surface area contributed by atoms with Gasteiger partial charge in [0.1, 0.15) is 11.6 Å². The van der Waals surface area contributed by atoms with E-state index in [0.717, 1.165) is 49.2 Å². The summed E-state index contributed by atoms with van der Waals surface area (Å²) in [6.45, 7) is 4.28. The predicted octanol–water partition coefficient (Wildman–Crippen LogP) is 1.70. The molecule has 1 aliphatic heterocycles. The van der Waals surface area contributed by atoms with E-state index in [1.807, 2.05) is 31.3 Å². The van der Waals surface area contributed by atoms with Crippen LogP contribution in [-0.4, -0.2) is 83.9 Å². The van der Waals surface area contributed by atoms with Crippen molar-refractivity contribution in [2.75, 3.05) is 59.3 Å². The summed E-state index contributed by atoms with van der Waals surface area (Å²) in [5.74, 6) is 3.28. The van der Waals surface area contributed by atoms with Crippen molar-refractivity contribution in [3.63, 3.8) is 0 Å².